The number of fused-ring (bicyclic) bond motifs is 1. The van der Waals surface area contributed by atoms with Crippen molar-refractivity contribution in [3.05, 3.63) is 59.4 Å². The maximum absolute atomic E-state index is 12.3. The van der Waals surface area contributed by atoms with Gasteiger partial charge in [-0.3, -0.25) is 19.9 Å². The Morgan fingerprint density at radius 1 is 1.05 bits per heavy atom. The lowest BCUT2D eigenvalue weighted by Crippen LogP contribution is -2.50. The van der Waals surface area contributed by atoms with Crippen LogP contribution in [0.1, 0.15) is 55.8 Å². The van der Waals surface area contributed by atoms with E-state index < -0.39 is 6.03 Å². The maximum Gasteiger partial charge on any atom is 0.329 e. The van der Waals surface area contributed by atoms with Crippen molar-refractivity contribution in [1.82, 2.24) is 24.8 Å². The highest BCUT2D eigenvalue weighted by Gasteiger charge is 2.28. The molecule has 3 aliphatic rings. The van der Waals surface area contributed by atoms with Crippen LogP contribution in [0.2, 0.25) is 0 Å². The molecule has 1 aromatic carbocycles. The molecule has 198 valence electrons. The number of carbonyl (C=O) groups excluding carboxylic acids is 2. The van der Waals surface area contributed by atoms with E-state index in [0.29, 0.717) is 30.2 Å². The molecular weight excluding hydrogens is 480 g/mol. The lowest BCUT2D eigenvalue weighted by Gasteiger charge is -2.29. The Kier molecular flexibility index (Phi) is 6.61. The largest absolute Gasteiger partial charge is 0.490 e. The Labute approximate surface area is 222 Å². The molecule has 1 saturated carbocycles. The van der Waals surface area contributed by atoms with Gasteiger partial charge in [0.25, 0.3) is 0 Å². The molecule has 1 aliphatic carbocycles. The predicted molar refractivity (Wildman–Crippen MR) is 143 cm³/mol. The van der Waals surface area contributed by atoms with Gasteiger partial charge in [-0.25, -0.2) is 14.8 Å². The van der Waals surface area contributed by atoms with Crippen molar-refractivity contribution in [2.24, 2.45) is 13.0 Å². The number of rotatable bonds is 6. The van der Waals surface area contributed by atoms with E-state index in [1.807, 2.05) is 17.7 Å². The van der Waals surface area contributed by atoms with Crippen molar-refractivity contribution in [2.45, 2.75) is 64.8 Å². The van der Waals surface area contributed by atoms with Crippen LogP contribution in [-0.2, 0) is 31.5 Å². The van der Waals surface area contributed by atoms with Gasteiger partial charge in [-0.1, -0.05) is 31.5 Å². The second kappa shape index (κ2) is 10.2. The highest BCUT2D eigenvalue weighted by molar-refractivity contribution is 6.05. The van der Waals surface area contributed by atoms with Gasteiger partial charge in [0.05, 0.1) is 11.9 Å². The normalized spacial score (nSPS) is 21.9. The Morgan fingerprint density at radius 3 is 2.66 bits per heavy atom. The van der Waals surface area contributed by atoms with E-state index in [1.54, 1.807) is 11.1 Å². The first kappa shape index (κ1) is 24.6. The summed E-state index contributed by atoms with van der Waals surface area (Å²) in [4.78, 5) is 37.2. The second-order valence-corrected chi connectivity index (χ2v) is 10.8. The van der Waals surface area contributed by atoms with Crippen molar-refractivity contribution in [3.63, 3.8) is 0 Å². The first-order valence-corrected chi connectivity index (χ1v) is 13.5. The smallest absolute Gasteiger partial charge is 0.329 e. The van der Waals surface area contributed by atoms with Gasteiger partial charge in [0.15, 0.2) is 5.82 Å². The number of nitrogens with one attached hydrogen (secondary N) is 1. The third kappa shape index (κ3) is 4.90. The third-order valence-electron chi connectivity index (χ3n) is 8.01. The fourth-order valence-corrected chi connectivity index (χ4v) is 5.79. The van der Waals surface area contributed by atoms with Crippen LogP contribution in [0.5, 0.6) is 5.75 Å². The summed E-state index contributed by atoms with van der Waals surface area (Å²) in [5.74, 6) is 2.66. The predicted octanol–water partition coefficient (Wildman–Crippen LogP) is 4.40. The molecule has 4 heterocycles. The molecule has 0 radical (unpaired) electrons. The zero-order valence-electron chi connectivity index (χ0n) is 22.0. The van der Waals surface area contributed by atoms with Gasteiger partial charge in [0.2, 0.25) is 5.91 Å². The van der Waals surface area contributed by atoms with Gasteiger partial charge in [-0.15, -0.1) is 0 Å². The SMILES string of the molecule is CC1CCCCC1Oc1ccc(CN2Cc3ccc(-c4ncc(N5CCC(=O)NC5=O)n4C)nc3C2)cc1. The quantitative estimate of drug-likeness (QED) is 0.524. The molecule has 0 spiro atoms. The highest BCUT2D eigenvalue weighted by Crippen LogP contribution is 2.30. The van der Waals surface area contributed by atoms with Crippen LogP contribution in [0.15, 0.2) is 42.6 Å². The molecule has 38 heavy (non-hydrogen) atoms. The van der Waals surface area contributed by atoms with Crippen LogP contribution in [0, 0.1) is 5.92 Å². The maximum atomic E-state index is 12.3. The fourth-order valence-electron chi connectivity index (χ4n) is 5.79. The van der Waals surface area contributed by atoms with Crippen molar-refractivity contribution in [2.75, 3.05) is 11.4 Å². The van der Waals surface area contributed by atoms with Crippen LogP contribution in [0.25, 0.3) is 11.5 Å². The van der Waals surface area contributed by atoms with Crippen molar-refractivity contribution < 1.29 is 14.3 Å². The molecule has 3 amide bonds. The number of ether oxygens (including phenoxy) is 1. The number of aromatic nitrogens is 3. The number of nitrogens with zero attached hydrogens (tertiary/aromatic N) is 5. The summed E-state index contributed by atoms with van der Waals surface area (Å²) in [7, 11) is 1.87. The fraction of sp³-hybridized carbons (Fsp3) is 0.448. The molecular formula is C29H34N6O3. The molecule has 2 atom stereocenters. The van der Waals surface area contributed by atoms with Gasteiger partial charge in [-0.2, -0.15) is 0 Å². The van der Waals surface area contributed by atoms with Crippen LogP contribution in [-0.4, -0.2) is 44.0 Å². The van der Waals surface area contributed by atoms with Crippen LogP contribution >= 0.6 is 0 Å². The van der Waals surface area contributed by atoms with E-state index in [4.69, 9.17) is 9.72 Å². The summed E-state index contributed by atoms with van der Waals surface area (Å²) in [5.41, 5.74) is 4.31. The number of urea groups is 1. The molecule has 2 aliphatic heterocycles. The number of hydrogen-bond acceptors (Lipinski definition) is 6. The van der Waals surface area contributed by atoms with E-state index in [2.05, 4.69) is 52.5 Å². The average Bonchev–Trinajstić information content (AvgIpc) is 3.48. The van der Waals surface area contributed by atoms with Crippen LogP contribution in [0.4, 0.5) is 10.6 Å². The average molecular weight is 515 g/mol. The summed E-state index contributed by atoms with van der Waals surface area (Å²) < 4.78 is 8.14. The van der Waals surface area contributed by atoms with E-state index in [-0.39, 0.29) is 12.3 Å². The van der Waals surface area contributed by atoms with Gasteiger partial charge < -0.3 is 9.30 Å². The minimum absolute atomic E-state index is 0.253. The van der Waals surface area contributed by atoms with Gasteiger partial charge in [0.1, 0.15) is 23.4 Å². The minimum Gasteiger partial charge on any atom is -0.490 e. The molecule has 0 bridgehead atoms. The standard InChI is InChI=1S/C29H34N6O3/c1-19-5-3-4-6-25(19)38-22-10-7-20(8-11-22)16-34-17-21-9-12-23(31-24(21)18-34)28-30-15-27(33(28)2)35-14-13-26(36)32-29(35)37/h7-12,15,19,25H,3-6,13-14,16-18H2,1-2H3,(H,32,36,37). The molecule has 2 unspecified atom stereocenters. The first-order chi connectivity index (χ1) is 18.4. The molecule has 3 aromatic rings. The number of anilines is 1. The van der Waals surface area contributed by atoms with Gasteiger partial charge in [-0.05, 0) is 54.5 Å². The number of hydrogen-bond donors (Lipinski definition) is 1. The first-order valence-electron chi connectivity index (χ1n) is 13.5. The lowest BCUT2D eigenvalue weighted by atomic mass is 9.88. The van der Waals surface area contributed by atoms with E-state index in [1.165, 1.54) is 30.4 Å². The van der Waals surface area contributed by atoms with Crippen molar-refractivity contribution in [1.29, 1.82) is 0 Å². The number of carbonyl (C=O) groups is 2. The molecule has 6 rings (SSSR count). The zero-order valence-corrected chi connectivity index (χ0v) is 22.0. The Morgan fingerprint density at radius 2 is 1.87 bits per heavy atom. The highest BCUT2D eigenvalue weighted by atomic mass is 16.5. The number of benzene rings is 1. The summed E-state index contributed by atoms with van der Waals surface area (Å²) in [6, 6.07) is 12.2. The molecule has 9 heteroatoms. The summed E-state index contributed by atoms with van der Waals surface area (Å²) in [5, 5.41) is 2.36. The Balaban J connectivity index is 1.10. The molecule has 9 nitrogen and oxygen atoms in total. The third-order valence-corrected chi connectivity index (χ3v) is 8.01. The molecule has 2 fully saturated rings. The summed E-state index contributed by atoms with van der Waals surface area (Å²) >= 11 is 0. The zero-order chi connectivity index (χ0) is 26.2. The van der Waals surface area contributed by atoms with E-state index in [0.717, 1.165) is 43.2 Å². The van der Waals surface area contributed by atoms with Gasteiger partial charge >= 0.3 is 6.03 Å². The molecule has 2 aromatic heterocycles. The molecule has 1 N–H and O–H groups in total. The number of imidazole rings is 1. The summed E-state index contributed by atoms with van der Waals surface area (Å²) in [6.45, 7) is 5.11. The van der Waals surface area contributed by atoms with Crippen LogP contribution < -0.4 is 15.0 Å². The molecule has 1 saturated heterocycles. The second-order valence-electron chi connectivity index (χ2n) is 10.8. The topological polar surface area (TPSA) is 92.6 Å². The number of amides is 3. The van der Waals surface area contributed by atoms with E-state index in [9.17, 15) is 9.59 Å². The van der Waals surface area contributed by atoms with E-state index >= 15 is 0 Å². The summed E-state index contributed by atoms with van der Waals surface area (Å²) in [6.07, 6.45) is 7.25. The van der Waals surface area contributed by atoms with Gasteiger partial charge in [0, 0.05) is 39.6 Å². The van der Waals surface area contributed by atoms with Crippen molar-refractivity contribution in [3.8, 4) is 17.3 Å². The van der Waals surface area contributed by atoms with Crippen molar-refractivity contribution >= 4 is 17.8 Å². The van der Waals surface area contributed by atoms with Crippen LogP contribution in [0.3, 0.4) is 0 Å². The number of pyridine rings is 1. The lowest BCUT2D eigenvalue weighted by molar-refractivity contribution is -0.120. The monoisotopic (exact) mass is 514 g/mol. The number of imide groups is 1. The Bertz CT molecular complexity index is 1350. The Hall–Kier alpha value is -3.72. The minimum atomic E-state index is -0.420.